The van der Waals surface area contributed by atoms with Crippen molar-refractivity contribution >= 4 is 21.5 Å². The molecule has 3 aliphatic rings. The summed E-state index contributed by atoms with van der Waals surface area (Å²) in [6.07, 6.45) is 11.3. The van der Waals surface area contributed by atoms with E-state index < -0.39 is 0 Å². The van der Waals surface area contributed by atoms with Crippen molar-refractivity contribution in [3.8, 4) is 11.1 Å². The van der Waals surface area contributed by atoms with Crippen LogP contribution in [0.2, 0.25) is 0 Å². The van der Waals surface area contributed by atoms with Crippen LogP contribution in [0.3, 0.4) is 0 Å². The van der Waals surface area contributed by atoms with Gasteiger partial charge in [-0.2, -0.15) is 0 Å². The number of rotatable bonds is 6. The standard InChI is InChI=1S/C39H42/c1-7-24(8-2)28-20-29(25(9-3)10-4)23-39(22-28)32-19-18-26-15-13-17-31-34(26)35(32)36-33(39)21-27-14-11-12-16-30(27)37(36)38(31,5)6/h11-22,24-25H,7-10,23H2,1-6H3. The Morgan fingerprint density at radius 3 is 2.15 bits per heavy atom. The maximum Gasteiger partial charge on any atom is 0.0437 e. The minimum absolute atomic E-state index is 0.0633. The molecule has 0 heteroatoms. The molecule has 1 spiro atoms. The summed E-state index contributed by atoms with van der Waals surface area (Å²) in [5.41, 5.74) is 12.3. The third-order valence-electron chi connectivity index (χ3n) is 10.8. The molecule has 198 valence electrons. The van der Waals surface area contributed by atoms with Crippen LogP contribution in [0.5, 0.6) is 0 Å². The molecule has 0 nitrogen and oxygen atoms in total. The zero-order valence-corrected chi connectivity index (χ0v) is 24.6. The van der Waals surface area contributed by atoms with Gasteiger partial charge in [0, 0.05) is 10.8 Å². The van der Waals surface area contributed by atoms with Gasteiger partial charge in [0.2, 0.25) is 0 Å². The second-order valence-corrected chi connectivity index (χ2v) is 13.0. The fourth-order valence-corrected chi connectivity index (χ4v) is 8.80. The Balaban J connectivity index is 1.66. The van der Waals surface area contributed by atoms with Crippen molar-refractivity contribution < 1.29 is 0 Å². The average molecular weight is 511 g/mol. The van der Waals surface area contributed by atoms with Crippen molar-refractivity contribution in [1.29, 1.82) is 0 Å². The Labute approximate surface area is 234 Å². The predicted octanol–water partition coefficient (Wildman–Crippen LogP) is 11.0. The highest BCUT2D eigenvalue weighted by atomic mass is 14.5. The molecular weight excluding hydrogens is 468 g/mol. The van der Waals surface area contributed by atoms with Gasteiger partial charge in [0.05, 0.1) is 0 Å². The van der Waals surface area contributed by atoms with Gasteiger partial charge in [-0.1, -0.05) is 114 Å². The summed E-state index contributed by atoms with van der Waals surface area (Å²) < 4.78 is 0. The van der Waals surface area contributed by atoms with Gasteiger partial charge in [0.25, 0.3) is 0 Å². The van der Waals surface area contributed by atoms with E-state index in [1.54, 1.807) is 27.8 Å². The first-order chi connectivity index (χ1) is 18.9. The van der Waals surface area contributed by atoms with Crippen LogP contribution in [-0.2, 0) is 10.8 Å². The minimum Gasteiger partial charge on any atom is -0.0657 e. The maximum atomic E-state index is 2.74. The third kappa shape index (κ3) is 3.18. The number of hydrogen-bond donors (Lipinski definition) is 0. The van der Waals surface area contributed by atoms with E-state index in [9.17, 15) is 0 Å². The van der Waals surface area contributed by atoms with E-state index in [1.165, 1.54) is 63.9 Å². The van der Waals surface area contributed by atoms with E-state index in [2.05, 4.69) is 114 Å². The van der Waals surface area contributed by atoms with E-state index in [1.807, 2.05) is 0 Å². The molecule has 0 saturated heterocycles. The van der Waals surface area contributed by atoms with Crippen molar-refractivity contribution in [2.45, 2.75) is 84.5 Å². The van der Waals surface area contributed by atoms with Gasteiger partial charge in [-0.25, -0.2) is 0 Å². The Morgan fingerprint density at radius 2 is 1.41 bits per heavy atom. The third-order valence-corrected chi connectivity index (χ3v) is 10.8. The van der Waals surface area contributed by atoms with E-state index in [0.717, 1.165) is 6.42 Å². The molecule has 0 fully saturated rings. The molecule has 0 heterocycles. The van der Waals surface area contributed by atoms with Gasteiger partial charge in [-0.05, 0) is 111 Å². The number of hydrogen-bond acceptors (Lipinski definition) is 0. The second kappa shape index (κ2) is 8.69. The molecule has 0 bridgehead atoms. The molecule has 0 aromatic heterocycles. The lowest BCUT2D eigenvalue weighted by Crippen LogP contribution is -2.29. The molecule has 0 radical (unpaired) electrons. The summed E-state index contributed by atoms with van der Waals surface area (Å²) in [5.74, 6) is 1.25. The molecule has 0 N–H and O–H groups in total. The molecule has 7 rings (SSSR count). The summed E-state index contributed by atoms with van der Waals surface area (Å²) in [4.78, 5) is 0. The summed E-state index contributed by atoms with van der Waals surface area (Å²) in [7, 11) is 0. The number of benzene rings is 4. The highest BCUT2D eigenvalue weighted by Gasteiger charge is 2.50. The molecule has 4 aromatic rings. The molecular formula is C39H42. The highest BCUT2D eigenvalue weighted by Crippen LogP contribution is 2.64. The van der Waals surface area contributed by atoms with Crippen LogP contribution in [0.4, 0.5) is 0 Å². The number of allylic oxidation sites excluding steroid dienone is 4. The largest absolute Gasteiger partial charge is 0.0657 e. The summed E-state index contributed by atoms with van der Waals surface area (Å²) in [5, 5.41) is 5.69. The van der Waals surface area contributed by atoms with Crippen LogP contribution in [0, 0.1) is 11.8 Å². The lowest BCUT2D eigenvalue weighted by atomic mass is 9.65. The molecule has 1 unspecified atom stereocenters. The van der Waals surface area contributed by atoms with Crippen molar-refractivity contribution in [3.63, 3.8) is 0 Å². The fourth-order valence-electron chi connectivity index (χ4n) is 8.80. The smallest absolute Gasteiger partial charge is 0.0437 e. The van der Waals surface area contributed by atoms with Crippen LogP contribution >= 0.6 is 0 Å². The Bertz CT molecular complexity index is 1700. The molecule has 39 heavy (non-hydrogen) atoms. The van der Waals surface area contributed by atoms with Gasteiger partial charge in [-0.15, -0.1) is 0 Å². The van der Waals surface area contributed by atoms with Crippen molar-refractivity contribution in [2.24, 2.45) is 11.8 Å². The van der Waals surface area contributed by atoms with Gasteiger partial charge in [0.15, 0.2) is 0 Å². The first-order valence-electron chi connectivity index (χ1n) is 15.5. The lowest BCUT2D eigenvalue weighted by Gasteiger charge is -2.38. The number of fused-ring (bicyclic) bond motifs is 4. The van der Waals surface area contributed by atoms with Crippen molar-refractivity contribution in [3.05, 3.63) is 106 Å². The molecule has 0 aliphatic heterocycles. The molecule has 0 saturated carbocycles. The molecule has 4 aromatic carbocycles. The van der Waals surface area contributed by atoms with Crippen LogP contribution in [0.15, 0.2) is 84.0 Å². The SMILES string of the molecule is CCC(CC)C1=CC2(CC(C(CC)CC)=C1)c1cc3ccccc3c3c1-c1c2ccc2cccc(c12)C3(C)C. The quantitative estimate of drug-likeness (QED) is 0.242. The van der Waals surface area contributed by atoms with Gasteiger partial charge < -0.3 is 0 Å². The van der Waals surface area contributed by atoms with Crippen LogP contribution < -0.4 is 0 Å². The van der Waals surface area contributed by atoms with Gasteiger partial charge >= 0.3 is 0 Å². The molecule has 3 aliphatic carbocycles. The monoisotopic (exact) mass is 510 g/mol. The minimum atomic E-state index is -0.101. The van der Waals surface area contributed by atoms with Gasteiger partial charge in [0.1, 0.15) is 0 Å². The predicted molar refractivity (Wildman–Crippen MR) is 169 cm³/mol. The molecule has 0 amide bonds. The highest BCUT2D eigenvalue weighted by molar-refractivity contribution is 6.12. The van der Waals surface area contributed by atoms with E-state index in [-0.39, 0.29) is 10.8 Å². The van der Waals surface area contributed by atoms with Crippen LogP contribution in [-0.4, -0.2) is 0 Å². The van der Waals surface area contributed by atoms with Crippen LogP contribution in [0.25, 0.3) is 32.7 Å². The Hall–Kier alpha value is -3.12. The van der Waals surface area contributed by atoms with E-state index in [0.29, 0.717) is 11.8 Å². The first kappa shape index (κ1) is 24.9. The fraction of sp³-hybridized carbons (Fsp3) is 0.385. The normalized spacial score (nSPS) is 20.4. The lowest BCUT2D eigenvalue weighted by molar-refractivity contribution is 0.490. The van der Waals surface area contributed by atoms with Gasteiger partial charge in [-0.3, -0.25) is 0 Å². The van der Waals surface area contributed by atoms with Crippen molar-refractivity contribution in [2.75, 3.05) is 0 Å². The Kier molecular flexibility index (Phi) is 5.55. The molecule has 1 atom stereocenters. The van der Waals surface area contributed by atoms with E-state index >= 15 is 0 Å². The van der Waals surface area contributed by atoms with Crippen molar-refractivity contribution in [1.82, 2.24) is 0 Å². The average Bonchev–Trinajstić information content (AvgIpc) is 3.20. The first-order valence-corrected chi connectivity index (χ1v) is 15.5. The topological polar surface area (TPSA) is 0 Å². The van der Waals surface area contributed by atoms with E-state index in [4.69, 9.17) is 0 Å². The summed E-state index contributed by atoms with van der Waals surface area (Å²) >= 11 is 0. The zero-order chi connectivity index (χ0) is 27.1. The Morgan fingerprint density at radius 1 is 0.692 bits per heavy atom. The zero-order valence-electron chi connectivity index (χ0n) is 24.6. The maximum absolute atomic E-state index is 2.74. The van der Waals surface area contributed by atoms with Crippen LogP contribution in [0.1, 0.15) is 95.9 Å². The summed E-state index contributed by atoms with van der Waals surface area (Å²) in [6.45, 7) is 14.4. The summed E-state index contributed by atoms with van der Waals surface area (Å²) in [6, 6.07) is 23.7. The second-order valence-electron chi connectivity index (χ2n) is 13.0.